The van der Waals surface area contributed by atoms with E-state index in [0.29, 0.717) is 45.9 Å². The molecule has 9 unspecified atom stereocenters. The topological polar surface area (TPSA) is 197 Å². The summed E-state index contributed by atoms with van der Waals surface area (Å²) in [6.45, 7) is 10.8. The van der Waals surface area contributed by atoms with Crippen LogP contribution in [0.5, 0.6) is 0 Å². The van der Waals surface area contributed by atoms with Gasteiger partial charge in [0.05, 0.1) is 89.5 Å². The van der Waals surface area contributed by atoms with Gasteiger partial charge in [0.2, 0.25) is 0 Å². The molecule has 0 spiro atoms. The number of nitrogens with zero attached hydrogens (tertiary/aromatic N) is 8. The van der Waals surface area contributed by atoms with Crippen molar-refractivity contribution in [2.24, 2.45) is 0 Å². The molecule has 1 amide bonds. The van der Waals surface area contributed by atoms with Crippen LogP contribution in [0.2, 0.25) is 0 Å². The van der Waals surface area contributed by atoms with E-state index in [-0.39, 0.29) is 96.8 Å². The van der Waals surface area contributed by atoms with Crippen LogP contribution < -0.4 is 0 Å². The zero-order valence-electron chi connectivity index (χ0n) is 38.1. The fraction of sp³-hybridized carbons (Fsp3) is 0.972. The van der Waals surface area contributed by atoms with Crippen molar-refractivity contribution in [1.82, 2.24) is 37.8 Å². The molecule has 4 saturated heterocycles. The number of carbonyl (C=O) groups is 1. The molecule has 0 aromatic carbocycles. The smallest absolute Gasteiger partial charge is 0.409 e. The fourth-order valence-corrected chi connectivity index (χ4v) is 13.8. The van der Waals surface area contributed by atoms with Crippen molar-refractivity contribution >= 4 is 29.1 Å². The standard InChI is InChI=1S/C36H75N8O14P3/c1-30-21-40(10)24-33(56-30)27-54-60(48,38(6)7)43-22-32(3)58-35(26-43)29-55-61(49,39(8)9)44-23-31(2)57-34(25-44)28-53-59(47,37(4)5)42-13-11-41(12-14-42)36(46)52-20-19-51-18-17-50-16-15-45/h30-35,45H,11-29H2,1-10H3. The van der Waals surface area contributed by atoms with Gasteiger partial charge in [0, 0.05) is 65.4 Å². The van der Waals surface area contributed by atoms with E-state index < -0.39 is 41.3 Å². The predicted molar refractivity (Wildman–Crippen MR) is 229 cm³/mol. The number of aliphatic hydroxyl groups excluding tert-OH is 1. The van der Waals surface area contributed by atoms with Crippen LogP contribution >= 0.6 is 23.0 Å². The monoisotopic (exact) mass is 936 g/mol. The van der Waals surface area contributed by atoms with Crippen LogP contribution in [0.4, 0.5) is 4.79 Å². The third-order valence-electron chi connectivity index (χ3n) is 10.6. The van der Waals surface area contributed by atoms with E-state index in [1.165, 1.54) is 0 Å². The molecule has 1 N–H and O–H groups in total. The van der Waals surface area contributed by atoms with Crippen molar-refractivity contribution in [1.29, 1.82) is 0 Å². The van der Waals surface area contributed by atoms with Crippen molar-refractivity contribution in [2.45, 2.75) is 57.4 Å². The molecule has 4 aliphatic heterocycles. The number of ether oxygens (including phenoxy) is 6. The second-order valence-corrected chi connectivity index (χ2v) is 24.4. The van der Waals surface area contributed by atoms with Gasteiger partial charge in [-0.15, -0.1) is 0 Å². The lowest BCUT2D eigenvalue weighted by Gasteiger charge is -2.45. The van der Waals surface area contributed by atoms with Gasteiger partial charge in [-0.1, -0.05) is 0 Å². The van der Waals surface area contributed by atoms with E-state index in [9.17, 15) is 18.5 Å². The SMILES string of the molecule is CC1CN(C)CC(COP(=O)(N(C)C)N2CC(C)OC(COP(=O)(N(C)C)N3CC(C)OC(COP(=O)(N(C)C)N4CCN(C(=O)OCCOCCOCCO)CC4)C3)C2)O1. The summed E-state index contributed by atoms with van der Waals surface area (Å²) in [7, 11) is 1.58. The number of morpholine rings is 3. The van der Waals surface area contributed by atoms with E-state index in [2.05, 4.69) is 4.90 Å². The quantitative estimate of drug-likeness (QED) is 0.115. The van der Waals surface area contributed by atoms with Crippen molar-refractivity contribution < 1.29 is 65.6 Å². The summed E-state index contributed by atoms with van der Waals surface area (Å²) in [5, 5.41) is 8.75. The van der Waals surface area contributed by atoms with E-state index in [0.717, 1.165) is 6.54 Å². The highest BCUT2D eigenvalue weighted by Gasteiger charge is 2.46. The summed E-state index contributed by atoms with van der Waals surface area (Å²) in [4.78, 5) is 16.4. The number of rotatable bonds is 23. The van der Waals surface area contributed by atoms with Gasteiger partial charge in [0.1, 0.15) is 6.61 Å². The Morgan fingerprint density at radius 1 is 0.574 bits per heavy atom. The summed E-state index contributed by atoms with van der Waals surface area (Å²) in [6, 6.07) is 0. The highest BCUT2D eigenvalue weighted by Crippen LogP contribution is 2.57. The lowest BCUT2D eigenvalue weighted by molar-refractivity contribution is -0.0941. The average Bonchev–Trinajstić information content (AvgIpc) is 3.21. The van der Waals surface area contributed by atoms with Crippen LogP contribution in [0.15, 0.2) is 0 Å². The number of piperazine rings is 1. The third kappa shape index (κ3) is 15.2. The Morgan fingerprint density at radius 3 is 1.39 bits per heavy atom. The molecule has 4 aliphatic rings. The molecule has 0 aliphatic carbocycles. The predicted octanol–water partition coefficient (Wildman–Crippen LogP) is 1.72. The highest BCUT2D eigenvalue weighted by molar-refractivity contribution is 7.54. The number of amides is 1. The molecule has 0 saturated carbocycles. The minimum Gasteiger partial charge on any atom is -0.447 e. The van der Waals surface area contributed by atoms with E-state index in [4.69, 9.17) is 47.1 Å². The van der Waals surface area contributed by atoms with Crippen molar-refractivity contribution in [3.8, 4) is 0 Å². The zero-order valence-corrected chi connectivity index (χ0v) is 40.8. The first-order valence-electron chi connectivity index (χ1n) is 21.2. The third-order valence-corrected chi connectivity index (χ3v) is 18.3. The Balaban J connectivity index is 1.31. The number of hydrogen-bond acceptors (Lipinski definition) is 15. The van der Waals surface area contributed by atoms with Crippen LogP contribution in [-0.2, 0) is 55.7 Å². The Morgan fingerprint density at radius 2 is 0.967 bits per heavy atom. The first-order valence-corrected chi connectivity index (χ1v) is 25.8. The molecule has 25 heteroatoms. The van der Waals surface area contributed by atoms with Gasteiger partial charge in [-0.05, 0) is 70.1 Å². The molecule has 0 radical (unpaired) electrons. The Bertz CT molecular complexity index is 1470. The fourth-order valence-electron chi connectivity index (χ4n) is 7.69. The van der Waals surface area contributed by atoms with Crippen LogP contribution in [-0.4, -0.2) is 260 Å². The van der Waals surface area contributed by atoms with Crippen LogP contribution in [0, 0.1) is 0 Å². The lowest BCUT2D eigenvalue weighted by Crippen LogP contribution is -2.51. The minimum atomic E-state index is -3.66. The van der Waals surface area contributed by atoms with Gasteiger partial charge >= 0.3 is 29.1 Å². The van der Waals surface area contributed by atoms with Crippen LogP contribution in [0.25, 0.3) is 0 Å². The van der Waals surface area contributed by atoms with Crippen molar-refractivity contribution in [2.75, 3.05) is 174 Å². The van der Waals surface area contributed by atoms with Crippen molar-refractivity contribution in [3.05, 3.63) is 0 Å². The summed E-state index contributed by atoms with van der Waals surface area (Å²) in [5.41, 5.74) is 0. The zero-order chi connectivity index (χ0) is 45.0. The van der Waals surface area contributed by atoms with Crippen LogP contribution in [0.3, 0.4) is 0 Å². The molecule has 61 heavy (non-hydrogen) atoms. The van der Waals surface area contributed by atoms with Gasteiger partial charge in [0.15, 0.2) is 0 Å². The first kappa shape index (κ1) is 52.9. The first-order chi connectivity index (χ1) is 28.8. The maximum Gasteiger partial charge on any atom is 0.409 e. The average molecular weight is 937 g/mol. The molecule has 4 fully saturated rings. The molecular formula is C36H75N8O14P3. The van der Waals surface area contributed by atoms with Crippen molar-refractivity contribution in [3.63, 3.8) is 0 Å². The molecule has 4 heterocycles. The molecular weight excluding hydrogens is 861 g/mol. The molecule has 0 bridgehead atoms. The van der Waals surface area contributed by atoms with Gasteiger partial charge in [0.25, 0.3) is 0 Å². The molecule has 0 aromatic heterocycles. The normalized spacial score (nSPS) is 29.8. The highest BCUT2D eigenvalue weighted by atomic mass is 31.2. The molecule has 4 rings (SSSR count). The number of likely N-dealkylation sites (N-methyl/N-ethyl adjacent to an activating group) is 1. The summed E-state index contributed by atoms with van der Waals surface area (Å²) in [6.07, 6.45) is -2.45. The molecule has 0 aromatic rings. The second kappa shape index (κ2) is 24.7. The Hall–Kier alpha value is -0.680. The summed E-state index contributed by atoms with van der Waals surface area (Å²) < 4.78 is 107. The molecule has 22 nitrogen and oxygen atoms in total. The molecule has 358 valence electrons. The minimum absolute atomic E-state index is 0.0324. The maximum absolute atomic E-state index is 14.8. The maximum atomic E-state index is 14.8. The number of hydrogen-bond donors (Lipinski definition) is 1. The summed E-state index contributed by atoms with van der Waals surface area (Å²) >= 11 is 0. The number of carbonyl (C=O) groups excluding carboxylic acids is 1. The Labute approximate surface area is 363 Å². The van der Waals surface area contributed by atoms with E-state index in [1.54, 1.807) is 70.5 Å². The second-order valence-electron chi connectivity index (χ2n) is 16.6. The summed E-state index contributed by atoms with van der Waals surface area (Å²) in [5.74, 6) is 0. The van der Waals surface area contributed by atoms with E-state index >= 15 is 0 Å². The van der Waals surface area contributed by atoms with Gasteiger partial charge in [-0.2, -0.15) is 0 Å². The number of aliphatic hydroxyl groups is 1. The lowest BCUT2D eigenvalue weighted by atomic mass is 10.2. The van der Waals surface area contributed by atoms with Gasteiger partial charge < -0.3 is 56.9 Å². The Kier molecular flexibility index (Phi) is 21.5. The van der Waals surface area contributed by atoms with Gasteiger partial charge in [-0.25, -0.2) is 32.8 Å². The van der Waals surface area contributed by atoms with Crippen LogP contribution in [0.1, 0.15) is 20.8 Å². The van der Waals surface area contributed by atoms with E-state index in [1.807, 2.05) is 32.5 Å². The molecule has 9 atom stereocenters. The largest absolute Gasteiger partial charge is 0.447 e. The van der Waals surface area contributed by atoms with Gasteiger partial charge in [-0.3, -0.25) is 13.7 Å².